The number of hydrogen-bond donors (Lipinski definition) is 0. The second kappa shape index (κ2) is 11.0. The number of amides is 1. The molecule has 0 bridgehead atoms. The van der Waals surface area contributed by atoms with Crippen LogP contribution in [0.15, 0.2) is 47.6 Å². The molecule has 1 aliphatic heterocycles. The summed E-state index contributed by atoms with van der Waals surface area (Å²) in [5.74, 6) is 0.345. The van der Waals surface area contributed by atoms with E-state index in [2.05, 4.69) is 10.0 Å². The van der Waals surface area contributed by atoms with Crippen molar-refractivity contribution in [1.82, 2.24) is 4.90 Å². The number of ether oxygens (including phenoxy) is 3. The highest BCUT2D eigenvalue weighted by atomic mass is 16.7. The van der Waals surface area contributed by atoms with Gasteiger partial charge in [-0.05, 0) is 36.2 Å². The van der Waals surface area contributed by atoms with Crippen molar-refractivity contribution in [2.45, 2.75) is 13.5 Å². The Hall–Kier alpha value is -3.75. The van der Waals surface area contributed by atoms with E-state index >= 15 is 0 Å². The fraction of sp³-hybridized carbons (Fsp3) is 0.364. The van der Waals surface area contributed by atoms with E-state index in [1.165, 1.54) is 7.11 Å². The third kappa shape index (κ3) is 6.13. The third-order valence-electron chi connectivity index (χ3n) is 5.01. The van der Waals surface area contributed by atoms with Gasteiger partial charge in [-0.25, -0.2) is 4.79 Å². The lowest BCUT2D eigenvalue weighted by Crippen LogP contribution is -2.49. The Kier molecular flexibility index (Phi) is 7.91. The third-order valence-corrected chi connectivity index (χ3v) is 5.01. The summed E-state index contributed by atoms with van der Waals surface area (Å²) in [6.45, 7) is 4.20. The zero-order chi connectivity index (χ0) is 22.9. The maximum atomic E-state index is 12.0. The second-order valence-corrected chi connectivity index (χ2v) is 7.27. The van der Waals surface area contributed by atoms with Crippen LogP contribution in [0.2, 0.25) is 0 Å². The average Bonchev–Trinajstić information content (AvgIpc) is 2.80. The highest BCUT2D eigenvalue weighted by Gasteiger charge is 2.22. The van der Waals surface area contributed by atoms with E-state index in [0.29, 0.717) is 37.6 Å². The molecule has 0 aliphatic carbocycles. The molecule has 0 unspecified atom stereocenters. The first kappa shape index (κ1) is 22.9. The molecule has 168 valence electrons. The van der Waals surface area contributed by atoms with Crippen LogP contribution in [0.4, 0.5) is 16.2 Å². The number of azide groups is 1. The van der Waals surface area contributed by atoms with Gasteiger partial charge in [0.2, 0.25) is 5.91 Å². The van der Waals surface area contributed by atoms with Gasteiger partial charge in [-0.3, -0.25) is 4.79 Å². The molecule has 10 heteroatoms. The van der Waals surface area contributed by atoms with Crippen molar-refractivity contribution in [3.05, 3.63) is 64.0 Å². The number of nitrogens with zero attached hydrogens (tertiary/aromatic N) is 5. The molecule has 32 heavy (non-hydrogen) atoms. The molecule has 0 spiro atoms. The van der Waals surface area contributed by atoms with Crippen LogP contribution in [-0.2, 0) is 20.9 Å². The van der Waals surface area contributed by atoms with Crippen molar-refractivity contribution in [1.29, 1.82) is 0 Å². The number of hydrogen-bond acceptors (Lipinski definition) is 7. The van der Waals surface area contributed by atoms with Gasteiger partial charge in [0, 0.05) is 43.9 Å². The molecule has 2 aromatic rings. The van der Waals surface area contributed by atoms with Crippen LogP contribution in [0, 0.1) is 6.92 Å². The normalized spacial score (nSPS) is 13.3. The van der Waals surface area contributed by atoms with Crippen LogP contribution in [0.1, 0.15) is 11.1 Å². The Morgan fingerprint density at radius 2 is 1.81 bits per heavy atom. The molecule has 1 fully saturated rings. The second-order valence-electron chi connectivity index (χ2n) is 7.27. The van der Waals surface area contributed by atoms with Gasteiger partial charge in [-0.2, -0.15) is 0 Å². The molecule has 1 heterocycles. The van der Waals surface area contributed by atoms with E-state index in [1.54, 1.807) is 29.2 Å². The molecule has 10 nitrogen and oxygen atoms in total. The van der Waals surface area contributed by atoms with Crippen molar-refractivity contribution < 1.29 is 23.8 Å². The molecule has 1 saturated heterocycles. The molecule has 2 aromatic carbocycles. The predicted octanol–water partition coefficient (Wildman–Crippen LogP) is 3.95. The lowest BCUT2D eigenvalue weighted by molar-refractivity contribution is -0.135. The van der Waals surface area contributed by atoms with Gasteiger partial charge in [-0.15, -0.1) is 0 Å². The van der Waals surface area contributed by atoms with Crippen molar-refractivity contribution in [3.8, 4) is 5.75 Å². The SMILES string of the molecule is COCC(=O)N1CCN(c2cc(COC(=O)Oc3ccc(C)cc3)ccc2N=[N+]=[N-])CC1. The van der Waals surface area contributed by atoms with Crippen LogP contribution in [0.3, 0.4) is 0 Å². The van der Waals surface area contributed by atoms with E-state index in [-0.39, 0.29) is 19.1 Å². The van der Waals surface area contributed by atoms with Crippen molar-refractivity contribution in [2.24, 2.45) is 5.11 Å². The predicted molar refractivity (Wildman–Crippen MR) is 118 cm³/mol. The van der Waals surface area contributed by atoms with Gasteiger partial charge in [0.25, 0.3) is 0 Å². The Balaban J connectivity index is 1.64. The largest absolute Gasteiger partial charge is 0.514 e. The van der Waals surface area contributed by atoms with E-state index < -0.39 is 6.16 Å². The minimum absolute atomic E-state index is 0.000528. The highest BCUT2D eigenvalue weighted by molar-refractivity contribution is 5.78. The lowest BCUT2D eigenvalue weighted by atomic mass is 10.1. The summed E-state index contributed by atoms with van der Waals surface area (Å²) in [6.07, 6.45) is -0.806. The lowest BCUT2D eigenvalue weighted by Gasteiger charge is -2.36. The summed E-state index contributed by atoms with van der Waals surface area (Å²) < 4.78 is 15.3. The number of methoxy groups -OCH3 is 1. The van der Waals surface area contributed by atoms with Gasteiger partial charge in [0.05, 0.1) is 5.69 Å². The number of aryl methyl sites for hydroxylation is 1. The monoisotopic (exact) mass is 439 g/mol. The van der Waals surface area contributed by atoms with Crippen molar-refractivity contribution in [2.75, 3.05) is 44.8 Å². The smallest absolute Gasteiger partial charge is 0.429 e. The van der Waals surface area contributed by atoms with E-state index in [1.807, 2.05) is 30.0 Å². The topological polar surface area (TPSA) is 117 Å². The molecule has 0 aromatic heterocycles. The number of piperazine rings is 1. The molecule has 0 saturated carbocycles. The van der Waals surface area contributed by atoms with E-state index in [4.69, 9.17) is 19.7 Å². The molecule has 0 radical (unpaired) electrons. The number of carbonyl (C=O) groups is 2. The van der Waals surface area contributed by atoms with Crippen LogP contribution in [0.5, 0.6) is 5.75 Å². The van der Waals surface area contributed by atoms with Gasteiger partial charge in [0.15, 0.2) is 0 Å². The highest BCUT2D eigenvalue weighted by Crippen LogP contribution is 2.31. The minimum atomic E-state index is -0.806. The molecule has 1 aliphatic rings. The first-order valence-electron chi connectivity index (χ1n) is 10.1. The first-order chi connectivity index (χ1) is 15.5. The van der Waals surface area contributed by atoms with Gasteiger partial charge in [0.1, 0.15) is 19.0 Å². The Morgan fingerprint density at radius 3 is 2.47 bits per heavy atom. The Morgan fingerprint density at radius 1 is 1.09 bits per heavy atom. The molecule has 0 N–H and O–H groups in total. The van der Waals surface area contributed by atoms with Gasteiger partial charge < -0.3 is 24.0 Å². The maximum Gasteiger partial charge on any atom is 0.514 e. The summed E-state index contributed by atoms with van der Waals surface area (Å²) in [6, 6.07) is 12.3. The summed E-state index contributed by atoms with van der Waals surface area (Å²) in [5, 5.41) is 3.77. The summed E-state index contributed by atoms with van der Waals surface area (Å²) in [7, 11) is 1.49. The van der Waals surface area contributed by atoms with E-state index in [0.717, 1.165) is 16.8 Å². The number of anilines is 1. The zero-order valence-electron chi connectivity index (χ0n) is 18.1. The standard InChI is InChI=1S/C22H25N5O5/c1-16-3-6-18(7-4-16)32-22(29)31-14-17-5-8-19(24-25-23)20(13-17)26-9-11-27(12-10-26)21(28)15-30-2/h3-8,13H,9-12,14-15H2,1-2H3. The number of benzene rings is 2. The maximum absolute atomic E-state index is 12.0. The van der Waals surface area contributed by atoms with Gasteiger partial charge >= 0.3 is 6.16 Å². The average molecular weight is 439 g/mol. The molecule has 1 amide bonds. The fourth-order valence-electron chi connectivity index (χ4n) is 3.33. The first-order valence-corrected chi connectivity index (χ1v) is 10.1. The fourth-order valence-corrected chi connectivity index (χ4v) is 3.33. The Labute approximate surface area is 185 Å². The zero-order valence-corrected chi connectivity index (χ0v) is 18.1. The quantitative estimate of drug-likeness (QED) is 0.212. The van der Waals surface area contributed by atoms with Gasteiger partial charge in [-0.1, -0.05) is 34.9 Å². The van der Waals surface area contributed by atoms with Crippen molar-refractivity contribution in [3.63, 3.8) is 0 Å². The number of carbonyl (C=O) groups excluding carboxylic acids is 2. The molecule has 0 atom stereocenters. The van der Waals surface area contributed by atoms with E-state index in [9.17, 15) is 9.59 Å². The van der Waals surface area contributed by atoms with Crippen LogP contribution >= 0.6 is 0 Å². The summed E-state index contributed by atoms with van der Waals surface area (Å²) in [4.78, 5) is 30.7. The van der Waals surface area contributed by atoms with Crippen LogP contribution in [-0.4, -0.2) is 56.9 Å². The Bertz CT molecular complexity index is 996. The van der Waals surface area contributed by atoms with Crippen molar-refractivity contribution >= 4 is 23.4 Å². The summed E-state index contributed by atoms with van der Waals surface area (Å²) >= 11 is 0. The number of rotatable bonds is 7. The van der Waals surface area contributed by atoms with Crippen LogP contribution < -0.4 is 9.64 Å². The molecular weight excluding hydrogens is 414 g/mol. The summed E-state index contributed by atoms with van der Waals surface area (Å²) in [5.41, 5.74) is 11.9. The molecule has 3 rings (SSSR count). The van der Waals surface area contributed by atoms with Crippen LogP contribution in [0.25, 0.3) is 10.4 Å². The molecular formula is C22H25N5O5. The minimum Gasteiger partial charge on any atom is -0.429 e.